The highest BCUT2D eigenvalue weighted by Gasteiger charge is 2.17. The molecule has 260 valence electrons. The van der Waals surface area contributed by atoms with Crippen molar-refractivity contribution in [2.45, 2.75) is 0 Å². The van der Waals surface area contributed by atoms with Gasteiger partial charge in [-0.15, -0.1) is 0 Å². The molecule has 0 saturated heterocycles. The SMILES string of the molecule is c1ccc(-c2cccc(-n3c4ccccc4c4cc(-c5ccc6c(c5)c5ccccc5n6-c5ccc6c(ccc7c8ccccc8ccc67)c5)ccc43)c2)cc1. The van der Waals surface area contributed by atoms with Crippen molar-refractivity contribution < 1.29 is 0 Å². The van der Waals surface area contributed by atoms with Gasteiger partial charge in [0.25, 0.3) is 0 Å². The quantitative estimate of drug-likeness (QED) is 0.161. The molecule has 0 amide bonds. The zero-order valence-electron chi connectivity index (χ0n) is 30.5. The maximum atomic E-state index is 2.43. The summed E-state index contributed by atoms with van der Waals surface area (Å²) >= 11 is 0. The molecule has 2 heteroatoms. The molecule has 0 spiro atoms. The lowest BCUT2D eigenvalue weighted by Crippen LogP contribution is -1.94. The first-order valence-corrected chi connectivity index (χ1v) is 19.3. The van der Waals surface area contributed by atoms with E-state index in [1.807, 2.05) is 0 Å². The molecular formula is C54H34N2. The molecule has 0 radical (unpaired) electrons. The average Bonchev–Trinajstić information content (AvgIpc) is 3.78. The molecule has 0 fully saturated rings. The van der Waals surface area contributed by atoms with E-state index in [0.29, 0.717) is 0 Å². The van der Waals surface area contributed by atoms with Crippen LogP contribution in [0.5, 0.6) is 0 Å². The minimum Gasteiger partial charge on any atom is -0.309 e. The smallest absolute Gasteiger partial charge is 0.0541 e. The Morgan fingerprint density at radius 1 is 0.214 bits per heavy atom. The van der Waals surface area contributed by atoms with Crippen LogP contribution in [0, 0.1) is 0 Å². The summed E-state index contributed by atoms with van der Waals surface area (Å²) in [5.41, 5.74) is 12.0. The Hall–Kier alpha value is -7.42. The van der Waals surface area contributed by atoms with Gasteiger partial charge in [0.2, 0.25) is 0 Å². The molecule has 0 atom stereocenters. The third-order valence-corrected chi connectivity index (χ3v) is 11.9. The molecule has 2 heterocycles. The monoisotopic (exact) mass is 710 g/mol. The molecule has 0 saturated carbocycles. The first-order chi connectivity index (χ1) is 27.8. The number of hydrogen-bond acceptors (Lipinski definition) is 0. The zero-order chi connectivity index (χ0) is 36.7. The Labute approximate surface area is 323 Å². The van der Waals surface area contributed by atoms with Crippen LogP contribution in [-0.2, 0) is 0 Å². The molecule has 2 aromatic heterocycles. The van der Waals surface area contributed by atoms with Crippen LogP contribution in [-0.4, -0.2) is 9.13 Å². The zero-order valence-corrected chi connectivity index (χ0v) is 30.5. The normalized spacial score (nSPS) is 11.9. The van der Waals surface area contributed by atoms with Crippen molar-refractivity contribution in [1.82, 2.24) is 9.13 Å². The third-order valence-electron chi connectivity index (χ3n) is 11.9. The van der Waals surface area contributed by atoms with Crippen LogP contribution in [0.3, 0.4) is 0 Å². The van der Waals surface area contributed by atoms with E-state index in [1.165, 1.54) is 104 Å². The number of nitrogens with zero attached hydrogens (tertiary/aromatic N) is 2. The van der Waals surface area contributed by atoms with Gasteiger partial charge >= 0.3 is 0 Å². The largest absolute Gasteiger partial charge is 0.309 e. The fourth-order valence-electron chi connectivity index (χ4n) is 9.27. The fraction of sp³-hybridized carbons (Fsp3) is 0. The Kier molecular flexibility index (Phi) is 6.66. The minimum atomic E-state index is 1.16. The number of hydrogen-bond donors (Lipinski definition) is 0. The van der Waals surface area contributed by atoms with Crippen molar-refractivity contribution in [3.63, 3.8) is 0 Å². The second-order valence-electron chi connectivity index (χ2n) is 14.9. The summed E-state index contributed by atoms with van der Waals surface area (Å²) in [6.45, 7) is 0. The van der Waals surface area contributed by atoms with Crippen molar-refractivity contribution in [3.05, 3.63) is 206 Å². The Morgan fingerprint density at radius 3 is 1.38 bits per heavy atom. The van der Waals surface area contributed by atoms with Gasteiger partial charge in [-0.3, -0.25) is 0 Å². The molecule has 12 rings (SSSR count). The lowest BCUT2D eigenvalue weighted by atomic mass is 9.97. The molecule has 56 heavy (non-hydrogen) atoms. The second kappa shape index (κ2) is 12.0. The summed E-state index contributed by atoms with van der Waals surface area (Å²) in [6.07, 6.45) is 0. The number of para-hydroxylation sites is 2. The number of rotatable bonds is 4. The summed E-state index contributed by atoms with van der Waals surface area (Å²) in [4.78, 5) is 0. The van der Waals surface area contributed by atoms with Gasteiger partial charge in [0.05, 0.1) is 22.1 Å². The maximum Gasteiger partial charge on any atom is 0.0541 e. The van der Waals surface area contributed by atoms with Gasteiger partial charge in [0.15, 0.2) is 0 Å². The van der Waals surface area contributed by atoms with Crippen LogP contribution in [0.15, 0.2) is 206 Å². The van der Waals surface area contributed by atoms with Crippen LogP contribution in [0.1, 0.15) is 0 Å². The number of fused-ring (bicyclic) bond motifs is 11. The maximum absolute atomic E-state index is 2.43. The van der Waals surface area contributed by atoms with Crippen molar-refractivity contribution in [2.75, 3.05) is 0 Å². The van der Waals surface area contributed by atoms with Gasteiger partial charge in [0, 0.05) is 32.9 Å². The topological polar surface area (TPSA) is 9.86 Å². The summed E-state index contributed by atoms with van der Waals surface area (Å²) in [5, 5.41) is 12.7. The second-order valence-corrected chi connectivity index (χ2v) is 14.9. The lowest BCUT2D eigenvalue weighted by molar-refractivity contribution is 1.18. The number of aromatic nitrogens is 2. The van der Waals surface area contributed by atoms with Crippen molar-refractivity contribution >= 4 is 75.9 Å². The Bertz CT molecular complexity index is 3530. The first kappa shape index (κ1) is 31.0. The van der Waals surface area contributed by atoms with E-state index in [2.05, 4.69) is 215 Å². The van der Waals surface area contributed by atoms with Crippen LogP contribution in [0.2, 0.25) is 0 Å². The predicted octanol–water partition coefficient (Wildman–Crippen LogP) is 14.7. The van der Waals surface area contributed by atoms with Gasteiger partial charge in [-0.05, 0) is 115 Å². The molecule has 12 aromatic rings. The number of benzene rings is 10. The highest BCUT2D eigenvalue weighted by Crippen LogP contribution is 2.40. The molecule has 0 unspecified atom stereocenters. The highest BCUT2D eigenvalue weighted by atomic mass is 15.0. The molecule has 0 bridgehead atoms. The van der Waals surface area contributed by atoms with E-state index in [4.69, 9.17) is 0 Å². The van der Waals surface area contributed by atoms with E-state index in [1.54, 1.807) is 0 Å². The minimum absolute atomic E-state index is 1.16. The van der Waals surface area contributed by atoms with Gasteiger partial charge in [-0.25, -0.2) is 0 Å². The van der Waals surface area contributed by atoms with Crippen molar-refractivity contribution in [2.24, 2.45) is 0 Å². The fourth-order valence-corrected chi connectivity index (χ4v) is 9.27. The van der Waals surface area contributed by atoms with E-state index in [9.17, 15) is 0 Å². The summed E-state index contributed by atoms with van der Waals surface area (Å²) < 4.78 is 4.84. The van der Waals surface area contributed by atoms with Crippen LogP contribution in [0.4, 0.5) is 0 Å². The van der Waals surface area contributed by atoms with Crippen LogP contribution in [0.25, 0.3) is 110 Å². The molecule has 0 N–H and O–H groups in total. The summed E-state index contributed by atoms with van der Waals surface area (Å²) in [6, 6.07) is 75.8. The third kappa shape index (κ3) is 4.63. The molecule has 0 aliphatic rings. The first-order valence-electron chi connectivity index (χ1n) is 19.3. The standard InChI is InChI=1S/C54H34N2/c1-2-11-35(12-3-1)37-14-10-15-41(31-37)55-51-19-8-6-17-47(51)49-33-38(23-29-53(49)55)39-24-30-54-50(34-39)48-18-7-9-20-52(48)56(54)42-25-28-44-40(32-42)22-27-45-43-16-5-4-13-36(43)21-26-46(44)45/h1-34H. The van der Waals surface area contributed by atoms with Crippen molar-refractivity contribution in [3.8, 4) is 33.6 Å². The van der Waals surface area contributed by atoms with E-state index >= 15 is 0 Å². The van der Waals surface area contributed by atoms with E-state index < -0.39 is 0 Å². The molecule has 2 nitrogen and oxygen atoms in total. The average molecular weight is 711 g/mol. The van der Waals surface area contributed by atoms with E-state index in [-0.39, 0.29) is 0 Å². The van der Waals surface area contributed by atoms with Gasteiger partial charge in [-0.2, -0.15) is 0 Å². The molecule has 0 aliphatic heterocycles. The van der Waals surface area contributed by atoms with Gasteiger partial charge in [0.1, 0.15) is 0 Å². The Morgan fingerprint density at radius 2 is 0.696 bits per heavy atom. The van der Waals surface area contributed by atoms with Crippen LogP contribution < -0.4 is 0 Å². The van der Waals surface area contributed by atoms with Crippen LogP contribution >= 0.6 is 0 Å². The molecule has 10 aromatic carbocycles. The van der Waals surface area contributed by atoms with Gasteiger partial charge in [-0.1, -0.05) is 146 Å². The predicted molar refractivity (Wildman–Crippen MR) is 239 cm³/mol. The molecule has 0 aliphatic carbocycles. The summed E-state index contributed by atoms with van der Waals surface area (Å²) in [7, 11) is 0. The lowest BCUT2D eigenvalue weighted by Gasteiger charge is -2.12. The highest BCUT2D eigenvalue weighted by molar-refractivity contribution is 6.18. The van der Waals surface area contributed by atoms with E-state index in [0.717, 1.165) is 5.69 Å². The molecular weight excluding hydrogens is 677 g/mol. The van der Waals surface area contributed by atoms with Gasteiger partial charge < -0.3 is 9.13 Å². The van der Waals surface area contributed by atoms with Crippen molar-refractivity contribution in [1.29, 1.82) is 0 Å². The summed E-state index contributed by atoms with van der Waals surface area (Å²) in [5.74, 6) is 0. The Balaban J connectivity index is 0.995.